The number of halogens is 10. The summed E-state index contributed by atoms with van der Waals surface area (Å²) in [5, 5.41) is 21.5. The van der Waals surface area contributed by atoms with Crippen LogP contribution in [0.2, 0.25) is 0 Å². The predicted molar refractivity (Wildman–Crippen MR) is 382 cm³/mol. The third kappa shape index (κ3) is 23.4. The number of nitrogens with one attached hydrogen (secondary N) is 5. The molecule has 0 saturated carbocycles. The lowest BCUT2D eigenvalue weighted by Gasteiger charge is -2.47. The number of benzene rings is 3. The molecule has 6 amide bonds. The number of anilines is 1. The van der Waals surface area contributed by atoms with Crippen LogP contribution in [0.25, 0.3) is 11.3 Å². The highest BCUT2D eigenvalue weighted by Crippen LogP contribution is 2.47. The lowest BCUT2D eigenvalue weighted by atomic mass is 9.77. The number of nitrogens with zero attached hydrogens (tertiary/aromatic N) is 7. The molecule has 0 aliphatic carbocycles. The lowest BCUT2D eigenvalue weighted by Crippen LogP contribution is -2.64. The molecule has 33 nitrogen and oxygen atoms in total. The van der Waals surface area contributed by atoms with Gasteiger partial charge in [0.05, 0.1) is 87.4 Å². The van der Waals surface area contributed by atoms with Crippen molar-refractivity contribution >= 4 is 67.7 Å². The summed E-state index contributed by atoms with van der Waals surface area (Å²) in [7, 11) is -4.08. The van der Waals surface area contributed by atoms with Crippen LogP contribution < -0.4 is 41.9 Å². The van der Waals surface area contributed by atoms with Gasteiger partial charge in [-0.05, 0) is 107 Å². The first-order valence-electron chi connectivity index (χ1n) is 35.3. The number of hydrazine groups is 1. The summed E-state index contributed by atoms with van der Waals surface area (Å²) in [4.78, 5) is 154. The number of phosphoric ester groups is 1. The summed E-state index contributed by atoms with van der Waals surface area (Å²) in [5.41, 5.74) is -2.93. The van der Waals surface area contributed by atoms with E-state index < -0.39 is 207 Å². The first kappa shape index (κ1) is 90.6. The Labute approximate surface area is 655 Å². The van der Waals surface area contributed by atoms with E-state index >= 15 is 35.1 Å². The normalized spacial score (nSPS) is 16.7. The number of aromatic nitrogens is 4. The predicted octanol–water partition coefficient (Wildman–Crippen LogP) is 6.81. The van der Waals surface area contributed by atoms with Gasteiger partial charge in [-0.3, -0.25) is 44.1 Å². The number of carbonyl (C=O) groups is 9. The second-order valence-electron chi connectivity index (χ2n) is 29.2. The number of aryl methyl sites for hydroxylation is 1. The van der Waals surface area contributed by atoms with Crippen molar-refractivity contribution in [3.63, 3.8) is 0 Å². The number of alkyl halides is 8. The fraction of sp³-hybridized carbons (Fsp3) is 0.500. The highest BCUT2D eigenvalue weighted by molar-refractivity contribution is 7.46. The summed E-state index contributed by atoms with van der Waals surface area (Å²) >= 11 is 0. The minimum atomic E-state index is -5.51. The number of aliphatic carboxylic acids is 1. The number of rotatable bonds is 33. The maximum atomic E-state index is 16.8. The Morgan fingerprint density at radius 1 is 0.759 bits per heavy atom. The number of phosphoric acid groups is 1. The van der Waals surface area contributed by atoms with Crippen LogP contribution >= 0.6 is 7.82 Å². The van der Waals surface area contributed by atoms with Crippen molar-refractivity contribution < 1.29 is 139 Å². The van der Waals surface area contributed by atoms with Crippen LogP contribution in [0.15, 0.2) is 73.2 Å². The SMILES string of the molecule is COC(=O)N[C@H](C(=O)N[C@@H](Cc1ccc(C#Cc2cnc(N3CC4CCC(C3)N4C3COC3)nc2)cc1)[C@H](CN(Cc1c(F)cc(-c2ccn(C(F)F)n2)cc1F)NC(=O)[C@@H](NC(=O)OC)C(C)(C)C(F)(F)F)OC(=O)OCOC(=O)CC(C)(C)c1c(CC(=O)N[C@@H](CC(N)=O)C(=O)O)cc(C)cc1OP(=O)(O)O)C(C)(C)C(F)(F)F. The van der Waals surface area contributed by atoms with E-state index in [1.165, 1.54) is 63.5 Å². The molecule has 2 unspecified atom stereocenters. The Kier molecular flexibility index (Phi) is 29.2. The zero-order valence-corrected chi connectivity index (χ0v) is 64.4. The number of hydrogen-bond acceptors (Lipinski definition) is 23. The van der Waals surface area contributed by atoms with Gasteiger partial charge in [-0.15, -0.1) is 0 Å². The Morgan fingerprint density at radius 2 is 1.33 bits per heavy atom. The van der Waals surface area contributed by atoms with E-state index in [1.807, 2.05) is 5.43 Å². The van der Waals surface area contributed by atoms with Crippen LogP contribution in [-0.4, -0.2) is 213 Å². The Bertz CT molecular complexity index is 4520. The zero-order chi connectivity index (χ0) is 85.9. The van der Waals surface area contributed by atoms with Crippen molar-refractivity contribution in [2.24, 2.45) is 16.6 Å². The number of hydrogen-bond donors (Lipinski definition) is 9. The van der Waals surface area contributed by atoms with E-state index in [0.717, 1.165) is 38.3 Å². The Balaban J connectivity index is 1.19. The first-order valence-corrected chi connectivity index (χ1v) is 36.8. The van der Waals surface area contributed by atoms with Crippen molar-refractivity contribution in [1.29, 1.82) is 0 Å². The minimum absolute atomic E-state index is 0.0320. The van der Waals surface area contributed by atoms with Gasteiger partial charge in [0.1, 0.15) is 41.6 Å². The summed E-state index contributed by atoms with van der Waals surface area (Å²) < 4.78 is 200. The van der Waals surface area contributed by atoms with Gasteiger partial charge in [0.15, 0.2) is 0 Å². The second-order valence-corrected chi connectivity index (χ2v) is 30.4. The molecule has 3 aromatic carbocycles. The number of methoxy groups -OCH3 is 2. The standard InChI is InChI=1S/C72H84F10N13O20P/c1-37-20-42(25-55(97)86-51(62(101)102)26-54(83)96)57(52(21-37)115-116(106,107)108)68(2,3)27-56(98)112-36-113-67(105)114-53(33-93(91-61(100)59(89-66(104)110-9)70(6,7)72(80,81)82)32-46-47(73)23-41(24-48(46)74)49-18-19-94(90-49)63(75)76)50(87-60(99)58(88-65(103)109-8)69(4,5)71(77,78)79)22-39-13-10-38(11-14-39)12-15-40-28-84-64(85-29-40)92-30-43-16-17-44(31-92)95(43)45-34-111-35-45/h10-11,13-14,18-21,23-24,28-29,43-45,50-51,53,58-59,63H,16-17,22,25-27,30-36H2,1-9H3,(H2,83,96)(H,86,97)(H,87,99)(H,88,103)(H,89,104)(H,91,100)(H,101,102)(H2,106,107,108)/t43?,44?,50-,51-,53-,58+,59+/m0/s1. The van der Waals surface area contributed by atoms with Crippen LogP contribution in [0.1, 0.15) is 113 Å². The molecule has 3 fully saturated rings. The maximum Gasteiger partial charge on any atom is 0.524 e. The molecule has 3 saturated heterocycles. The summed E-state index contributed by atoms with van der Waals surface area (Å²) in [5.74, 6) is -6.42. The number of piperazine rings is 1. The number of primary amides is 1. The first-order chi connectivity index (χ1) is 54.1. The monoisotopic (exact) mass is 1670 g/mol. The van der Waals surface area contributed by atoms with Crippen LogP contribution in [0.5, 0.6) is 5.75 Å². The highest BCUT2D eigenvalue weighted by Gasteiger charge is 2.58. The van der Waals surface area contributed by atoms with Gasteiger partial charge in [0.25, 0.3) is 5.91 Å². The molecule has 3 aliphatic rings. The van der Waals surface area contributed by atoms with E-state index in [4.69, 9.17) is 29.2 Å². The highest BCUT2D eigenvalue weighted by atomic mass is 31.2. The van der Waals surface area contributed by atoms with E-state index in [1.54, 1.807) is 10.6 Å². The fourth-order valence-corrected chi connectivity index (χ4v) is 13.6. The topological polar surface area (TPSA) is 435 Å². The smallest absolute Gasteiger partial charge is 0.480 e. The van der Waals surface area contributed by atoms with Crippen molar-refractivity contribution in [1.82, 2.24) is 56.4 Å². The number of esters is 1. The second kappa shape index (κ2) is 37.3. The number of ether oxygens (including phenoxy) is 6. The molecular formula is C72H84F10N13O20P. The summed E-state index contributed by atoms with van der Waals surface area (Å²) in [6.07, 6.45) is -16.2. The molecule has 3 aliphatic heterocycles. The van der Waals surface area contributed by atoms with Gasteiger partial charge in [-0.2, -0.15) is 40.2 Å². The molecule has 0 spiro atoms. The van der Waals surface area contributed by atoms with Gasteiger partial charge in [-0.25, -0.2) is 52.2 Å². The van der Waals surface area contributed by atoms with E-state index in [2.05, 4.69) is 56.8 Å². The number of amides is 6. The largest absolute Gasteiger partial charge is 0.524 e. The summed E-state index contributed by atoms with van der Waals surface area (Å²) in [6.45, 7) is 0.850. The van der Waals surface area contributed by atoms with Crippen LogP contribution in [-0.2, 0) is 86.6 Å². The Morgan fingerprint density at radius 3 is 1.84 bits per heavy atom. The molecule has 5 heterocycles. The zero-order valence-electron chi connectivity index (χ0n) is 63.5. The molecule has 632 valence electrons. The van der Waals surface area contributed by atoms with Crippen molar-refractivity contribution in [2.75, 3.05) is 58.8 Å². The van der Waals surface area contributed by atoms with Crippen molar-refractivity contribution in [3.8, 4) is 28.8 Å². The number of carboxylic acids is 1. The summed E-state index contributed by atoms with van der Waals surface area (Å²) in [6, 6.07) is 1.28. The van der Waals surface area contributed by atoms with Gasteiger partial charge in [0.2, 0.25) is 30.5 Å². The number of fused-ring (bicyclic) bond motifs is 2. The molecule has 116 heavy (non-hydrogen) atoms. The van der Waals surface area contributed by atoms with Crippen molar-refractivity contribution in [2.45, 2.75) is 166 Å². The molecule has 10 N–H and O–H groups in total. The van der Waals surface area contributed by atoms with Crippen molar-refractivity contribution in [3.05, 3.63) is 124 Å². The van der Waals surface area contributed by atoms with E-state index in [9.17, 15) is 71.4 Å². The number of alkyl carbamates (subject to hydrolysis) is 2. The lowest BCUT2D eigenvalue weighted by molar-refractivity contribution is -0.221. The van der Waals surface area contributed by atoms with Gasteiger partial charge in [-0.1, -0.05) is 43.9 Å². The molecule has 8 rings (SSSR count). The van der Waals surface area contributed by atoms with Gasteiger partial charge < -0.3 is 70.0 Å². The van der Waals surface area contributed by atoms with E-state index in [-0.39, 0.29) is 44.6 Å². The minimum Gasteiger partial charge on any atom is -0.480 e. The molecule has 5 aromatic rings. The molecule has 2 aromatic heterocycles. The Hall–Kier alpha value is -10.9. The maximum absolute atomic E-state index is 16.8. The van der Waals surface area contributed by atoms with Crippen LogP contribution in [0, 0.1) is 41.2 Å². The molecule has 7 atom stereocenters. The van der Waals surface area contributed by atoms with Gasteiger partial charge in [0, 0.05) is 78.0 Å². The fourth-order valence-electron chi connectivity index (χ4n) is 13.2. The van der Waals surface area contributed by atoms with Crippen LogP contribution in [0.4, 0.5) is 64.2 Å². The van der Waals surface area contributed by atoms with E-state index in [0.29, 0.717) is 95.8 Å². The third-order valence-corrected chi connectivity index (χ3v) is 19.9. The number of nitrogens with two attached hydrogens (primary N) is 1. The number of carbonyl (C=O) groups excluding carboxylic acids is 8. The quantitative estimate of drug-likeness (QED) is 0.00396. The average molecular weight is 1670 g/mol. The molecule has 0 radical (unpaired) electrons. The third-order valence-electron chi connectivity index (χ3n) is 19.5. The molecule has 2 bridgehead atoms. The molecular weight excluding hydrogens is 1590 g/mol. The van der Waals surface area contributed by atoms with Crippen LogP contribution in [0.3, 0.4) is 0 Å². The molecule has 44 heteroatoms. The van der Waals surface area contributed by atoms with Gasteiger partial charge >= 0.3 is 57.0 Å². The average Bonchev–Trinajstić information content (AvgIpc) is 1.34. The number of carboxylic acid groups (broad SMARTS) is 1.